The Balaban J connectivity index is 2.20. The molecule has 0 aliphatic carbocycles. The Kier molecular flexibility index (Phi) is 4.11. The summed E-state index contributed by atoms with van der Waals surface area (Å²) in [5.74, 6) is 0. The van der Waals surface area contributed by atoms with Crippen molar-refractivity contribution in [3.8, 4) is 0 Å². The van der Waals surface area contributed by atoms with E-state index in [4.69, 9.17) is 0 Å². The average molecular weight is 240 g/mol. The van der Waals surface area contributed by atoms with Gasteiger partial charge in [-0.15, -0.1) is 0 Å². The summed E-state index contributed by atoms with van der Waals surface area (Å²) in [6.45, 7) is 4.31. The van der Waals surface area contributed by atoms with Crippen LogP contribution in [0.4, 0.5) is 0 Å². The summed E-state index contributed by atoms with van der Waals surface area (Å²) in [5.41, 5.74) is 5.35. The summed E-state index contributed by atoms with van der Waals surface area (Å²) in [4.78, 5) is 4.06. The second kappa shape index (κ2) is 5.78. The van der Waals surface area contributed by atoms with Gasteiger partial charge in [0.25, 0.3) is 0 Å². The van der Waals surface area contributed by atoms with E-state index in [-0.39, 0.29) is 0 Å². The molecule has 18 heavy (non-hydrogen) atoms. The van der Waals surface area contributed by atoms with Gasteiger partial charge >= 0.3 is 0 Å². The molecule has 0 saturated heterocycles. The van der Waals surface area contributed by atoms with Crippen molar-refractivity contribution in [2.24, 2.45) is 0 Å². The first-order valence-corrected chi connectivity index (χ1v) is 6.34. The van der Waals surface area contributed by atoms with Gasteiger partial charge < -0.3 is 5.32 Å². The Morgan fingerprint density at radius 1 is 1.06 bits per heavy atom. The van der Waals surface area contributed by atoms with Gasteiger partial charge in [0.15, 0.2) is 0 Å². The van der Waals surface area contributed by atoms with Gasteiger partial charge in [0.05, 0.1) is 0 Å². The zero-order valence-corrected chi connectivity index (χ0v) is 11.3. The Morgan fingerprint density at radius 2 is 1.78 bits per heavy atom. The van der Waals surface area contributed by atoms with Crippen LogP contribution >= 0.6 is 0 Å². The minimum Gasteiger partial charge on any atom is -0.313 e. The van der Waals surface area contributed by atoms with Crippen LogP contribution in [0, 0.1) is 13.8 Å². The molecule has 2 aromatic rings. The lowest BCUT2D eigenvalue weighted by Gasteiger charge is -2.18. The molecule has 1 N–H and O–H groups in total. The van der Waals surface area contributed by atoms with Crippen LogP contribution in [0.2, 0.25) is 0 Å². The van der Waals surface area contributed by atoms with Crippen molar-refractivity contribution in [3.05, 3.63) is 65.0 Å². The predicted octanol–water partition coefficient (Wildman–Crippen LogP) is 3.20. The van der Waals surface area contributed by atoms with E-state index < -0.39 is 0 Å². The third-order valence-electron chi connectivity index (χ3n) is 3.47. The monoisotopic (exact) mass is 240 g/mol. The van der Waals surface area contributed by atoms with Crippen LogP contribution in [0.1, 0.15) is 28.3 Å². The highest BCUT2D eigenvalue weighted by Gasteiger charge is 2.10. The minimum absolute atomic E-state index is 0.353. The lowest BCUT2D eigenvalue weighted by atomic mass is 9.96. The number of hydrogen-bond acceptors (Lipinski definition) is 2. The van der Waals surface area contributed by atoms with E-state index in [9.17, 15) is 0 Å². The molecule has 0 fully saturated rings. The van der Waals surface area contributed by atoms with Crippen LogP contribution in [0.25, 0.3) is 0 Å². The number of aryl methyl sites for hydroxylation is 2. The summed E-state index contributed by atoms with van der Waals surface area (Å²) in [7, 11) is 2.01. The van der Waals surface area contributed by atoms with Crippen LogP contribution in [-0.2, 0) is 6.42 Å². The van der Waals surface area contributed by atoms with Crippen LogP contribution in [0.5, 0.6) is 0 Å². The predicted molar refractivity (Wildman–Crippen MR) is 75.7 cm³/mol. The molecule has 0 amide bonds. The molecular formula is C16H20N2. The van der Waals surface area contributed by atoms with E-state index >= 15 is 0 Å². The molecule has 1 heterocycles. The molecule has 0 radical (unpaired) electrons. The van der Waals surface area contributed by atoms with E-state index in [0.29, 0.717) is 6.04 Å². The lowest BCUT2D eigenvalue weighted by Crippen LogP contribution is -2.19. The smallest absolute Gasteiger partial charge is 0.0358 e. The molecule has 0 aliphatic heterocycles. The summed E-state index contributed by atoms with van der Waals surface area (Å²) in [6.07, 6.45) is 4.69. The number of aromatic nitrogens is 1. The standard InChI is InChI=1S/C16H20N2/c1-12-4-5-15(10-13(12)2)16(17-3)11-14-6-8-18-9-7-14/h4-10,16-17H,11H2,1-3H3. The molecule has 0 saturated carbocycles. The second-order valence-electron chi connectivity index (χ2n) is 4.74. The van der Waals surface area contributed by atoms with E-state index in [1.807, 2.05) is 19.4 Å². The minimum atomic E-state index is 0.353. The Bertz CT molecular complexity index is 506. The largest absolute Gasteiger partial charge is 0.313 e. The highest BCUT2D eigenvalue weighted by atomic mass is 14.9. The van der Waals surface area contributed by atoms with Gasteiger partial charge in [-0.2, -0.15) is 0 Å². The molecule has 2 heteroatoms. The van der Waals surface area contributed by atoms with Gasteiger partial charge in [-0.05, 0) is 61.7 Å². The molecule has 0 spiro atoms. The molecular weight excluding hydrogens is 220 g/mol. The number of rotatable bonds is 4. The zero-order valence-electron chi connectivity index (χ0n) is 11.3. The lowest BCUT2D eigenvalue weighted by molar-refractivity contribution is 0.591. The molecule has 1 unspecified atom stereocenters. The fraction of sp³-hybridized carbons (Fsp3) is 0.312. The van der Waals surface area contributed by atoms with Crippen molar-refractivity contribution >= 4 is 0 Å². The third kappa shape index (κ3) is 2.96. The summed E-state index contributed by atoms with van der Waals surface area (Å²) < 4.78 is 0. The first-order valence-electron chi connectivity index (χ1n) is 6.34. The fourth-order valence-corrected chi connectivity index (χ4v) is 2.12. The Morgan fingerprint density at radius 3 is 2.39 bits per heavy atom. The number of nitrogens with zero attached hydrogens (tertiary/aromatic N) is 1. The number of hydrogen-bond donors (Lipinski definition) is 1. The van der Waals surface area contributed by atoms with E-state index in [0.717, 1.165) is 6.42 Å². The van der Waals surface area contributed by atoms with Crippen molar-refractivity contribution in [1.29, 1.82) is 0 Å². The second-order valence-corrected chi connectivity index (χ2v) is 4.74. The first kappa shape index (κ1) is 12.8. The molecule has 1 atom stereocenters. The van der Waals surface area contributed by atoms with Crippen molar-refractivity contribution in [3.63, 3.8) is 0 Å². The summed E-state index contributed by atoms with van der Waals surface area (Å²) in [5, 5.41) is 3.39. The molecule has 1 aromatic heterocycles. The van der Waals surface area contributed by atoms with Gasteiger partial charge in [-0.1, -0.05) is 18.2 Å². The first-order chi connectivity index (χ1) is 8.70. The van der Waals surface area contributed by atoms with Gasteiger partial charge in [0.1, 0.15) is 0 Å². The Labute approximate surface area is 109 Å². The van der Waals surface area contributed by atoms with E-state index in [1.165, 1.54) is 22.3 Å². The SMILES string of the molecule is CNC(Cc1ccncc1)c1ccc(C)c(C)c1. The van der Waals surface area contributed by atoms with Crippen molar-refractivity contribution in [2.75, 3.05) is 7.05 Å². The molecule has 0 bridgehead atoms. The zero-order chi connectivity index (χ0) is 13.0. The van der Waals surface area contributed by atoms with Crippen LogP contribution in [0.3, 0.4) is 0 Å². The maximum Gasteiger partial charge on any atom is 0.0358 e. The fourth-order valence-electron chi connectivity index (χ4n) is 2.12. The number of benzene rings is 1. The average Bonchev–Trinajstić information content (AvgIpc) is 2.40. The Hall–Kier alpha value is -1.67. The van der Waals surface area contributed by atoms with Crippen LogP contribution in [-0.4, -0.2) is 12.0 Å². The van der Waals surface area contributed by atoms with Crippen molar-refractivity contribution in [1.82, 2.24) is 10.3 Å². The quantitative estimate of drug-likeness (QED) is 0.887. The normalized spacial score (nSPS) is 12.4. The molecule has 2 nitrogen and oxygen atoms in total. The van der Waals surface area contributed by atoms with Gasteiger partial charge in [-0.3, -0.25) is 4.98 Å². The third-order valence-corrected chi connectivity index (χ3v) is 3.47. The molecule has 0 aliphatic rings. The van der Waals surface area contributed by atoms with E-state index in [2.05, 4.69) is 54.5 Å². The number of nitrogens with one attached hydrogen (secondary N) is 1. The topological polar surface area (TPSA) is 24.9 Å². The number of likely N-dealkylation sites (N-methyl/N-ethyl adjacent to an activating group) is 1. The van der Waals surface area contributed by atoms with E-state index in [1.54, 1.807) is 0 Å². The highest BCUT2D eigenvalue weighted by Crippen LogP contribution is 2.20. The van der Waals surface area contributed by atoms with Crippen molar-refractivity contribution in [2.45, 2.75) is 26.3 Å². The van der Waals surface area contributed by atoms with Gasteiger partial charge in [0, 0.05) is 18.4 Å². The van der Waals surface area contributed by atoms with Crippen LogP contribution < -0.4 is 5.32 Å². The summed E-state index contributed by atoms with van der Waals surface area (Å²) in [6, 6.07) is 11.2. The molecule has 2 rings (SSSR count). The molecule has 94 valence electrons. The number of pyridine rings is 1. The summed E-state index contributed by atoms with van der Waals surface area (Å²) >= 11 is 0. The molecule has 1 aromatic carbocycles. The van der Waals surface area contributed by atoms with Gasteiger partial charge in [0.2, 0.25) is 0 Å². The highest BCUT2D eigenvalue weighted by molar-refractivity contribution is 5.32. The van der Waals surface area contributed by atoms with Crippen molar-refractivity contribution < 1.29 is 0 Å². The maximum absolute atomic E-state index is 4.06. The van der Waals surface area contributed by atoms with Gasteiger partial charge in [-0.25, -0.2) is 0 Å². The van der Waals surface area contributed by atoms with Crippen LogP contribution in [0.15, 0.2) is 42.7 Å². The maximum atomic E-state index is 4.06.